The van der Waals surface area contributed by atoms with Crippen LogP contribution in [0.25, 0.3) is 22.4 Å². The van der Waals surface area contributed by atoms with Crippen molar-refractivity contribution >= 4 is 11.6 Å². The fourth-order valence-corrected chi connectivity index (χ4v) is 3.17. The third-order valence-corrected chi connectivity index (χ3v) is 4.81. The molecule has 0 radical (unpaired) electrons. The molecule has 0 aliphatic rings. The molecule has 0 aliphatic carbocycles. The van der Waals surface area contributed by atoms with Crippen LogP contribution in [0.4, 0.5) is 5.69 Å². The Morgan fingerprint density at radius 1 is 0.767 bits per heavy atom. The monoisotopic (exact) mass is 396 g/mol. The minimum Gasteiger partial charge on any atom is -0.497 e. The molecule has 0 bridgehead atoms. The van der Waals surface area contributed by atoms with Gasteiger partial charge in [-0.25, -0.2) is 0 Å². The number of hydrogen-bond acceptors (Lipinski definition) is 3. The number of anilines is 1. The van der Waals surface area contributed by atoms with E-state index >= 15 is 0 Å². The maximum absolute atomic E-state index is 12.5. The largest absolute Gasteiger partial charge is 0.497 e. The first-order valence-corrected chi connectivity index (χ1v) is 9.48. The van der Waals surface area contributed by atoms with Crippen LogP contribution in [0.2, 0.25) is 0 Å². The van der Waals surface area contributed by atoms with Gasteiger partial charge in [0.25, 0.3) is 11.5 Å². The molecule has 1 heterocycles. The lowest BCUT2D eigenvalue weighted by atomic mass is 10.0. The van der Waals surface area contributed by atoms with Crippen molar-refractivity contribution < 1.29 is 9.53 Å². The third kappa shape index (κ3) is 4.15. The van der Waals surface area contributed by atoms with Crippen LogP contribution in [0.5, 0.6) is 5.75 Å². The topological polar surface area (TPSA) is 71.2 Å². The highest BCUT2D eigenvalue weighted by Gasteiger charge is 2.12. The van der Waals surface area contributed by atoms with Crippen LogP contribution in [0.15, 0.2) is 95.8 Å². The van der Waals surface area contributed by atoms with Crippen LogP contribution in [-0.2, 0) is 0 Å². The van der Waals surface area contributed by atoms with Gasteiger partial charge in [-0.15, -0.1) is 0 Å². The van der Waals surface area contributed by atoms with Crippen molar-refractivity contribution in [1.29, 1.82) is 0 Å². The Balaban J connectivity index is 1.52. The molecule has 0 fully saturated rings. The van der Waals surface area contributed by atoms with Gasteiger partial charge in [-0.3, -0.25) is 9.59 Å². The second kappa shape index (κ2) is 8.49. The van der Waals surface area contributed by atoms with Gasteiger partial charge < -0.3 is 15.0 Å². The molecular weight excluding hydrogens is 376 g/mol. The molecular formula is C25H20N2O3. The van der Waals surface area contributed by atoms with Crippen LogP contribution in [0.3, 0.4) is 0 Å². The van der Waals surface area contributed by atoms with E-state index in [1.807, 2.05) is 54.6 Å². The quantitative estimate of drug-likeness (QED) is 0.500. The third-order valence-electron chi connectivity index (χ3n) is 4.81. The van der Waals surface area contributed by atoms with Crippen molar-refractivity contribution in [3.05, 3.63) is 107 Å². The van der Waals surface area contributed by atoms with E-state index < -0.39 is 11.5 Å². The summed E-state index contributed by atoms with van der Waals surface area (Å²) in [6, 6.07) is 28.2. The fraction of sp³-hybridized carbons (Fsp3) is 0.0400. The Morgan fingerprint density at radius 2 is 1.40 bits per heavy atom. The molecule has 0 spiro atoms. The Labute approximate surface area is 174 Å². The first kappa shape index (κ1) is 19.2. The second-order valence-corrected chi connectivity index (χ2v) is 6.74. The number of amides is 1. The van der Waals surface area contributed by atoms with Crippen molar-refractivity contribution in [3.8, 4) is 28.1 Å². The lowest BCUT2D eigenvalue weighted by Gasteiger charge is -2.08. The Morgan fingerprint density at radius 3 is 2.03 bits per heavy atom. The standard InChI is InChI=1S/C25H20N2O3/c1-30-21-13-11-20(12-14-21)26-24(28)22-15-16-23(27-25(22)29)19-9-7-18(8-10-19)17-5-3-2-4-6-17/h2-16H,1H3,(H,26,28)(H,27,29). The highest BCUT2D eigenvalue weighted by Crippen LogP contribution is 2.23. The molecule has 0 atom stereocenters. The summed E-state index contributed by atoms with van der Waals surface area (Å²) in [7, 11) is 1.57. The Hall–Kier alpha value is -4.12. The first-order valence-electron chi connectivity index (χ1n) is 9.48. The van der Waals surface area contributed by atoms with Crippen LogP contribution in [0.1, 0.15) is 10.4 Å². The summed E-state index contributed by atoms with van der Waals surface area (Å²) in [5.74, 6) is 0.223. The lowest BCUT2D eigenvalue weighted by Crippen LogP contribution is -2.23. The van der Waals surface area contributed by atoms with E-state index in [-0.39, 0.29) is 5.56 Å². The highest BCUT2D eigenvalue weighted by atomic mass is 16.5. The maximum atomic E-state index is 12.5. The van der Waals surface area contributed by atoms with Gasteiger partial charge in [0.15, 0.2) is 0 Å². The number of H-pyrrole nitrogens is 1. The zero-order valence-electron chi connectivity index (χ0n) is 16.4. The summed E-state index contributed by atoms with van der Waals surface area (Å²) in [6.45, 7) is 0. The van der Waals surface area contributed by atoms with E-state index in [4.69, 9.17) is 4.74 Å². The van der Waals surface area contributed by atoms with Crippen molar-refractivity contribution in [2.45, 2.75) is 0 Å². The minimum absolute atomic E-state index is 0.0514. The van der Waals surface area contributed by atoms with Crippen molar-refractivity contribution in [2.75, 3.05) is 12.4 Å². The van der Waals surface area contributed by atoms with Gasteiger partial charge in [0.05, 0.1) is 7.11 Å². The number of carbonyl (C=O) groups is 1. The predicted molar refractivity (Wildman–Crippen MR) is 119 cm³/mol. The zero-order valence-corrected chi connectivity index (χ0v) is 16.4. The van der Waals surface area contributed by atoms with Crippen molar-refractivity contribution in [2.24, 2.45) is 0 Å². The maximum Gasteiger partial charge on any atom is 0.261 e. The summed E-state index contributed by atoms with van der Waals surface area (Å²) in [5.41, 5.74) is 3.94. The Kier molecular flexibility index (Phi) is 5.44. The van der Waals surface area contributed by atoms with E-state index in [1.165, 1.54) is 6.07 Å². The predicted octanol–water partition coefficient (Wildman–Crippen LogP) is 4.97. The van der Waals surface area contributed by atoms with E-state index in [9.17, 15) is 9.59 Å². The second-order valence-electron chi connectivity index (χ2n) is 6.74. The molecule has 30 heavy (non-hydrogen) atoms. The average molecular weight is 396 g/mol. The number of aromatic nitrogens is 1. The molecule has 4 aromatic rings. The van der Waals surface area contributed by atoms with Gasteiger partial charge in [-0.2, -0.15) is 0 Å². The lowest BCUT2D eigenvalue weighted by molar-refractivity contribution is 0.102. The normalized spacial score (nSPS) is 10.4. The number of nitrogens with one attached hydrogen (secondary N) is 2. The molecule has 0 unspecified atom stereocenters. The number of hydrogen-bond donors (Lipinski definition) is 2. The van der Waals surface area contributed by atoms with E-state index in [1.54, 1.807) is 37.4 Å². The fourth-order valence-electron chi connectivity index (χ4n) is 3.17. The number of methoxy groups -OCH3 is 1. The summed E-state index contributed by atoms with van der Waals surface area (Å²) in [5, 5.41) is 2.72. The van der Waals surface area contributed by atoms with Gasteiger partial charge in [-0.05, 0) is 53.1 Å². The molecule has 0 saturated carbocycles. The Bertz CT molecular complexity index is 1210. The molecule has 148 valence electrons. The molecule has 1 aromatic heterocycles. The molecule has 3 aromatic carbocycles. The van der Waals surface area contributed by atoms with E-state index in [0.717, 1.165) is 16.7 Å². The summed E-state index contributed by atoms with van der Waals surface area (Å²) in [6.07, 6.45) is 0. The van der Waals surface area contributed by atoms with Crippen molar-refractivity contribution in [1.82, 2.24) is 4.98 Å². The molecule has 5 heteroatoms. The summed E-state index contributed by atoms with van der Waals surface area (Å²) >= 11 is 0. The van der Waals surface area contributed by atoms with Gasteiger partial charge in [0.1, 0.15) is 11.3 Å². The van der Waals surface area contributed by atoms with Crippen LogP contribution in [0, 0.1) is 0 Å². The number of ether oxygens (including phenoxy) is 1. The van der Waals surface area contributed by atoms with Gasteiger partial charge >= 0.3 is 0 Å². The van der Waals surface area contributed by atoms with E-state index in [2.05, 4.69) is 10.3 Å². The van der Waals surface area contributed by atoms with Gasteiger partial charge in [0.2, 0.25) is 0 Å². The van der Waals surface area contributed by atoms with Gasteiger partial charge in [-0.1, -0.05) is 54.6 Å². The van der Waals surface area contributed by atoms with Crippen molar-refractivity contribution in [3.63, 3.8) is 0 Å². The highest BCUT2D eigenvalue weighted by molar-refractivity contribution is 6.04. The van der Waals surface area contributed by atoms with Crippen LogP contribution in [-0.4, -0.2) is 18.0 Å². The first-order chi connectivity index (χ1) is 14.6. The molecule has 1 amide bonds. The minimum atomic E-state index is -0.465. The van der Waals surface area contributed by atoms with Gasteiger partial charge in [0, 0.05) is 11.4 Å². The number of rotatable bonds is 5. The zero-order chi connectivity index (χ0) is 20.9. The van der Waals surface area contributed by atoms with E-state index in [0.29, 0.717) is 17.1 Å². The smallest absolute Gasteiger partial charge is 0.261 e. The number of pyridine rings is 1. The molecule has 0 aliphatic heterocycles. The van der Waals surface area contributed by atoms with Crippen LogP contribution >= 0.6 is 0 Å². The average Bonchev–Trinajstić information content (AvgIpc) is 2.80. The summed E-state index contributed by atoms with van der Waals surface area (Å²) in [4.78, 5) is 27.8. The van der Waals surface area contributed by atoms with Crippen LogP contribution < -0.4 is 15.6 Å². The summed E-state index contributed by atoms with van der Waals surface area (Å²) < 4.78 is 5.10. The number of benzene rings is 3. The number of aromatic amines is 1. The molecule has 0 saturated heterocycles. The SMILES string of the molecule is COc1ccc(NC(=O)c2ccc(-c3ccc(-c4ccccc4)cc3)[nH]c2=O)cc1. The molecule has 4 rings (SSSR count). The molecule has 2 N–H and O–H groups in total. The number of carbonyl (C=O) groups excluding carboxylic acids is 1. The molecule has 5 nitrogen and oxygen atoms in total.